The van der Waals surface area contributed by atoms with Gasteiger partial charge in [-0.2, -0.15) is 0 Å². The third kappa shape index (κ3) is 2.09. The normalized spacial score (nSPS) is 13.4. The minimum atomic E-state index is 1.09. The molecule has 0 bridgehead atoms. The summed E-state index contributed by atoms with van der Waals surface area (Å²) in [6.07, 6.45) is 10.8. The van der Waals surface area contributed by atoms with Gasteiger partial charge >= 0.3 is 0 Å². The van der Waals surface area contributed by atoms with Gasteiger partial charge < -0.3 is 5.32 Å². The van der Waals surface area contributed by atoms with E-state index < -0.39 is 0 Å². The van der Waals surface area contributed by atoms with Crippen LogP contribution in [0.3, 0.4) is 0 Å². The highest BCUT2D eigenvalue weighted by Crippen LogP contribution is 2.13. The highest BCUT2D eigenvalue weighted by Gasteiger charge is 2.01. The monoisotopic (exact) mass is 182 g/mol. The van der Waals surface area contributed by atoms with Crippen molar-refractivity contribution in [3.05, 3.63) is 65.9 Å². The first-order valence-corrected chi connectivity index (χ1v) is 4.64. The van der Waals surface area contributed by atoms with Crippen LogP contribution in [0.2, 0.25) is 0 Å². The number of benzene rings is 1. The molecule has 0 heterocycles. The molecule has 1 aromatic carbocycles. The van der Waals surface area contributed by atoms with Crippen LogP contribution in [0.1, 0.15) is 5.56 Å². The third-order valence-electron chi connectivity index (χ3n) is 2.06. The number of nitrogens with one attached hydrogen (secondary N) is 1. The summed E-state index contributed by atoms with van der Waals surface area (Å²) in [5.41, 5.74) is 3.48. The smallest absolute Gasteiger partial charge is 0.152 e. The lowest BCUT2D eigenvalue weighted by Crippen LogP contribution is -1.97. The zero-order chi connectivity index (χ0) is 9.80. The molecular weight excluding hydrogens is 170 g/mol. The Morgan fingerprint density at radius 2 is 1.93 bits per heavy atom. The van der Waals surface area contributed by atoms with Crippen LogP contribution in [0.25, 0.3) is 0 Å². The fraction of sp³-hybridized carbons (Fsp3) is 0.0769. The summed E-state index contributed by atoms with van der Waals surface area (Å²) in [5.74, 6) is 0. The Hall–Kier alpha value is -1.85. The predicted molar refractivity (Wildman–Crippen MR) is 59.8 cm³/mol. The van der Waals surface area contributed by atoms with Crippen LogP contribution in [0.15, 0.2) is 54.3 Å². The van der Waals surface area contributed by atoms with Gasteiger partial charge in [0.1, 0.15) is 12.2 Å². The molecule has 0 saturated carbocycles. The van der Waals surface area contributed by atoms with E-state index >= 15 is 0 Å². The maximum absolute atomic E-state index is 3.31. The summed E-state index contributed by atoms with van der Waals surface area (Å²) in [5, 5.41) is 3.31. The van der Waals surface area contributed by atoms with Gasteiger partial charge in [0, 0.05) is 11.8 Å². The third-order valence-corrected chi connectivity index (χ3v) is 2.06. The Morgan fingerprint density at radius 3 is 2.57 bits per heavy atom. The van der Waals surface area contributed by atoms with Gasteiger partial charge in [-0.3, -0.25) is 0 Å². The van der Waals surface area contributed by atoms with Crippen LogP contribution in [0.5, 0.6) is 0 Å². The van der Waals surface area contributed by atoms with Gasteiger partial charge in [0.15, 0.2) is 5.70 Å². The van der Waals surface area contributed by atoms with Crippen molar-refractivity contribution in [3.8, 4) is 0 Å². The number of hydrogen-bond donors (Lipinski definition) is 1. The molecule has 0 radical (unpaired) electrons. The zero-order valence-electron chi connectivity index (χ0n) is 8.12. The summed E-state index contributed by atoms with van der Waals surface area (Å²) in [7, 11) is 0. The van der Waals surface area contributed by atoms with Crippen LogP contribution in [0, 0.1) is 13.0 Å². The lowest BCUT2D eigenvalue weighted by Gasteiger charge is -2.03. The van der Waals surface area contributed by atoms with Gasteiger partial charge in [0.25, 0.3) is 0 Å². The molecule has 1 aromatic rings. The minimum absolute atomic E-state index is 1.09. The number of aryl methyl sites for hydroxylation is 1. The molecule has 0 saturated heterocycles. The molecule has 1 aliphatic carbocycles. The van der Waals surface area contributed by atoms with Crippen molar-refractivity contribution >= 4 is 5.69 Å². The second kappa shape index (κ2) is 3.91. The molecule has 0 aliphatic heterocycles. The Balaban J connectivity index is 2.11. The standard InChI is InChI=1S/C13H12N/c1-11-7-9-13(10-8-11)14-12-5-3-2-4-6-12/h3-10,14H,1H3/q+1. The lowest BCUT2D eigenvalue weighted by molar-refractivity contribution is 1.42. The van der Waals surface area contributed by atoms with Crippen molar-refractivity contribution in [1.29, 1.82) is 0 Å². The Bertz CT molecular complexity index is 394. The van der Waals surface area contributed by atoms with Crippen LogP contribution in [-0.2, 0) is 0 Å². The molecule has 0 atom stereocenters. The molecule has 68 valence electrons. The number of hydrogen-bond acceptors (Lipinski definition) is 1. The highest BCUT2D eigenvalue weighted by molar-refractivity contribution is 5.52. The van der Waals surface area contributed by atoms with Crippen molar-refractivity contribution in [2.24, 2.45) is 0 Å². The van der Waals surface area contributed by atoms with E-state index in [4.69, 9.17) is 0 Å². The molecule has 0 aromatic heterocycles. The van der Waals surface area contributed by atoms with Crippen molar-refractivity contribution in [2.45, 2.75) is 6.92 Å². The number of anilines is 1. The molecule has 1 heteroatoms. The molecule has 0 spiro atoms. The predicted octanol–water partition coefficient (Wildman–Crippen LogP) is 3.22. The molecular formula is C13H12N+. The van der Waals surface area contributed by atoms with Gasteiger partial charge in [0.05, 0.1) is 12.2 Å². The Kier molecular flexibility index (Phi) is 2.44. The number of rotatable bonds is 2. The largest absolute Gasteiger partial charge is 0.333 e. The molecule has 2 rings (SSSR count). The van der Waals surface area contributed by atoms with E-state index in [0.717, 1.165) is 11.4 Å². The van der Waals surface area contributed by atoms with Gasteiger partial charge in [-0.05, 0) is 19.1 Å². The Morgan fingerprint density at radius 1 is 1.14 bits per heavy atom. The van der Waals surface area contributed by atoms with Gasteiger partial charge in [0.2, 0.25) is 0 Å². The van der Waals surface area contributed by atoms with Crippen molar-refractivity contribution in [1.82, 2.24) is 0 Å². The minimum Gasteiger partial charge on any atom is -0.333 e. The molecule has 0 fully saturated rings. The molecule has 0 unspecified atom stereocenters. The summed E-state index contributed by atoms with van der Waals surface area (Å²) in [6.45, 7) is 2.08. The quantitative estimate of drug-likeness (QED) is 0.692. The van der Waals surface area contributed by atoms with Crippen LogP contribution in [0.4, 0.5) is 5.69 Å². The summed E-state index contributed by atoms with van der Waals surface area (Å²) >= 11 is 0. The van der Waals surface area contributed by atoms with Crippen molar-refractivity contribution in [3.63, 3.8) is 0 Å². The topological polar surface area (TPSA) is 12.0 Å². The molecule has 0 amide bonds. The SMILES string of the molecule is Cc1ccc(NC2=CC=[C+]C=C2)cc1. The average molecular weight is 182 g/mol. The van der Waals surface area contributed by atoms with E-state index in [1.807, 2.05) is 24.3 Å². The number of allylic oxidation sites excluding steroid dienone is 5. The highest BCUT2D eigenvalue weighted by atomic mass is 14.9. The average Bonchev–Trinajstić information content (AvgIpc) is 2.23. The second-order valence-electron chi connectivity index (χ2n) is 3.28. The summed E-state index contributed by atoms with van der Waals surface area (Å²) in [6, 6.07) is 8.34. The summed E-state index contributed by atoms with van der Waals surface area (Å²) in [4.78, 5) is 0. The first-order valence-electron chi connectivity index (χ1n) is 4.64. The van der Waals surface area contributed by atoms with E-state index in [9.17, 15) is 0 Å². The van der Waals surface area contributed by atoms with E-state index in [1.165, 1.54) is 5.56 Å². The molecule has 1 nitrogen and oxygen atoms in total. The van der Waals surface area contributed by atoms with E-state index in [-0.39, 0.29) is 0 Å². The van der Waals surface area contributed by atoms with Crippen molar-refractivity contribution < 1.29 is 0 Å². The van der Waals surface area contributed by atoms with Crippen molar-refractivity contribution in [2.75, 3.05) is 5.32 Å². The van der Waals surface area contributed by atoms with E-state index in [2.05, 4.69) is 42.6 Å². The first kappa shape index (κ1) is 8.74. The molecule has 14 heavy (non-hydrogen) atoms. The van der Waals surface area contributed by atoms with E-state index in [0.29, 0.717) is 0 Å². The van der Waals surface area contributed by atoms with Crippen LogP contribution in [-0.4, -0.2) is 0 Å². The fourth-order valence-corrected chi connectivity index (χ4v) is 1.27. The van der Waals surface area contributed by atoms with Gasteiger partial charge in [-0.1, -0.05) is 17.7 Å². The second-order valence-corrected chi connectivity index (χ2v) is 3.28. The maximum atomic E-state index is 3.31. The van der Waals surface area contributed by atoms with Gasteiger partial charge in [-0.15, -0.1) is 0 Å². The molecule has 1 aliphatic rings. The van der Waals surface area contributed by atoms with Crippen LogP contribution < -0.4 is 5.32 Å². The van der Waals surface area contributed by atoms with E-state index in [1.54, 1.807) is 0 Å². The zero-order valence-corrected chi connectivity index (χ0v) is 8.12. The lowest BCUT2D eigenvalue weighted by atomic mass is 10.2. The fourth-order valence-electron chi connectivity index (χ4n) is 1.27. The van der Waals surface area contributed by atoms with Crippen LogP contribution >= 0.6 is 0 Å². The summed E-state index contributed by atoms with van der Waals surface area (Å²) < 4.78 is 0. The first-order chi connectivity index (χ1) is 6.84. The van der Waals surface area contributed by atoms with Gasteiger partial charge in [-0.25, -0.2) is 0 Å². The maximum Gasteiger partial charge on any atom is 0.152 e. The molecule has 1 N–H and O–H groups in total. The Labute approximate surface area is 84.5 Å².